The van der Waals surface area contributed by atoms with Crippen LogP contribution < -0.4 is 0 Å². The van der Waals surface area contributed by atoms with Crippen molar-refractivity contribution >= 4 is 0 Å². The third-order valence-electron chi connectivity index (χ3n) is 9.33. The van der Waals surface area contributed by atoms with Crippen LogP contribution in [0.3, 0.4) is 0 Å². The van der Waals surface area contributed by atoms with Crippen LogP contribution in [-0.2, 0) is 6.42 Å². The number of fused-ring (bicyclic) bond motifs is 3. The zero-order chi connectivity index (χ0) is 32.6. The third kappa shape index (κ3) is 5.62. The molecule has 0 fully saturated rings. The van der Waals surface area contributed by atoms with Gasteiger partial charge >= 0.3 is 0 Å². The van der Waals surface area contributed by atoms with Gasteiger partial charge in [0.15, 0.2) is 17.5 Å². The number of aromatic nitrogens is 3. The van der Waals surface area contributed by atoms with E-state index in [9.17, 15) is 0 Å². The Balaban J connectivity index is 1.21. The lowest BCUT2D eigenvalue weighted by atomic mass is 9.93. The van der Waals surface area contributed by atoms with Gasteiger partial charge in [-0.25, -0.2) is 15.0 Å². The normalized spacial score (nSPS) is 11.6. The molecule has 8 aromatic rings. The molecule has 1 aliphatic rings. The van der Waals surface area contributed by atoms with Crippen LogP contribution in [0.2, 0.25) is 0 Å². The lowest BCUT2D eigenvalue weighted by Gasteiger charge is -2.13. The van der Waals surface area contributed by atoms with Crippen molar-refractivity contribution < 1.29 is 0 Å². The Labute approximate surface area is 286 Å². The number of benzene rings is 7. The third-order valence-corrected chi connectivity index (χ3v) is 9.33. The average Bonchev–Trinajstić information content (AvgIpc) is 3.56. The van der Waals surface area contributed by atoms with E-state index in [1.807, 2.05) is 60.7 Å². The first-order valence-electron chi connectivity index (χ1n) is 16.6. The van der Waals surface area contributed by atoms with Crippen LogP contribution in [0.1, 0.15) is 11.1 Å². The monoisotopic (exact) mass is 625 g/mol. The molecule has 0 N–H and O–H groups in total. The Morgan fingerprint density at radius 3 is 1.08 bits per heavy atom. The second kappa shape index (κ2) is 12.3. The highest BCUT2D eigenvalue weighted by atomic mass is 15.0. The summed E-state index contributed by atoms with van der Waals surface area (Å²) in [6.07, 6.45) is 0.949. The van der Waals surface area contributed by atoms with Gasteiger partial charge in [-0.1, -0.05) is 146 Å². The molecule has 7 aromatic carbocycles. The number of hydrogen-bond donors (Lipinski definition) is 0. The predicted molar refractivity (Wildman–Crippen MR) is 201 cm³/mol. The molecule has 3 nitrogen and oxygen atoms in total. The van der Waals surface area contributed by atoms with E-state index >= 15 is 0 Å². The van der Waals surface area contributed by atoms with Crippen molar-refractivity contribution in [3.8, 4) is 78.7 Å². The van der Waals surface area contributed by atoms with Crippen LogP contribution in [-0.4, -0.2) is 15.0 Å². The Morgan fingerprint density at radius 2 is 0.612 bits per heavy atom. The van der Waals surface area contributed by atoms with Crippen molar-refractivity contribution in [2.45, 2.75) is 6.42 Å². The van der Waals surface area contributed by atoms with Crippen molar-refractivity contribution in [3.63, 3.8) is 0 Å². The molecule has 0 saturated carbocycles. The maximum absolute atomic E-state index is 5.07. The van der Waals surface area contributed by atoms with Gasteiger partial charge in [-0.3, -0.25) is 0 Å². The first kappa shape index (κ1) is 28.7. The zero-order valence-electron chi connectivity index (χ0n) is 26.8. The van der Waals surface area contributed by atoms with Crippen LogP contribution >= 0.6 is 0 Å². The Kier molecular flexibility index (Phi) is 7.21. The molecule has 0 bridgehead atoms. The minimum Gasteiger partial charge on any atom is -0.208 e. The van der Waals surface area contributed by atoms with Crippen LogP contribution in [0.25, 0.3) is 78.7 Å². The van der Waals surface area contributed by atoms with Gasteiger partial charge < -0.3 is 0 Å². The SMILES string of the molecule is c1ccc(-c2cc(-c3ccc4c(c3)-c3cc(-c5ccccc5)ccc3C4)cc(-c3nc(-c4ccccc4)nc(-c4ccccc4)n3)c2)cc1. The second-order valence-corrected chi connectivity index (χ2v) is 12.5. The molecule has 49 heavy (non-hydrogen) atoms. The average molecular weight is 626 g/mol. The Hall–Kier alpha value is -6.45. The molecule has 230 valence electrons. The summed E-state index contributed by atoms with van der Waals surface area (Å²) in [4.78, 5) is 15.1. The predicted octanol–water partition coefficient (Wildman–Crippen LogP) is 11.4. The van der Waals surface area contributed by atoms with Gasteiger partial charge in [-0.05, 0) is 92.4 Å². The summed E-state index contributed by atoms with van der Waals surface area (Å²) in [6.45, 7) is 0. The van der Waals surface area contributed by atoms with Crippen LogP contribution in [0.15, 0.2) is 176 Å². The van der Waals surface area contributed by atoms with Gasteiger partial charge in [0.25, 0.3) is 0 Å². The highest BCUT2D eigenvalue weighted by molar-refractivity contribution is 5.87. The quantitative estimate of drug-likeness (QED) is 0.185. The molecule has 0 saturated heterocycles. The largest absolute Gasteiger partial charge is 0.208 e. The van der Waals surface area contributed by atoms with Crippen LogP contribution in [0.5, 0.6) is 0 Å². The first-order chi connectivity index (χ1) is 24.2. The molecule has 0 amide bonds. The summed E-state index contributed by atoms with van der Waals surface area (Å²) in [5.74, 6) is 1.95. The first-order valence-corrected chi connectivity index (χ1v) is 16.6. The maximum Gasteiger partial charge on any atom is 0.164 e. The standard InChI is InChI=1S/C46H31N3/c1-5-13-31(14-6-1)35-21-23-37-25-38-24-22-36(30-43(38)42(37)29-35)40-26-39(32-15-7-2-8-16-32)27-41(28-40)46-48-44(33-17-9-3-10-18-33)47-45(49-46)34-19-11-4-12-20-34/h1-24,26-30H,25H2. The smallest absolute Gasteiger partial charge is 0.164 e. The van der Waals surface area contributed by atoms with E-state index in [2.05, 4.69) is 115 Å². The molecule has 3 heteroatoms. The van der Waals surface area contributed by atoms with Gasteiger partial charge in [-0.15, -0.1) is 0 Å². The van der Waals surface area contributed by atoms with Gasteiger partial charge in [0.2, 0.25) is 0 Å². The van der Waals surface area contributed by atoms with Crippen molar-refractivity contribution in [3.05, 3.63) is 187 Å². The minimum absolute atomic E-state index is 0.644. The van der Waals surface area contributed by atoms with E-state index in [1.165, 1.54) is 33.4 Å². The minimum atomic E-state index is 0.644. The lowest BCUT2D eigenvalue weighted by Crippen LogP contribution is -2.00. The molecule has 0 atom stereocenters. The molecule has 0 aliphatic heterocycles. The second-order valence-electron chi connectivity index (χ2n) is 12.5. The summed E-state index contributed by atoms with van der Waals surface area (Å²) in [5.41, 5.74) is 15.2. The van der Waals surface area contributed by atoms with E-state index in [4.69, 9.17) is 15.0 Å². The van der Waals surface area contributed by atoms with Gasteiger partial charge in [-0.2, -0.15) is 0 Å². The molecular formula is C46H31N3. The topological polar surface area (TPSA) is 38.7 Å². The van der Waals surface area contributed by atoms with Gasteiger partial charge in [0, 0.05) is 16.7 Å². The molecule has 1 heterocycles. The van der Waals surface area contributed by atoms with Crippen LogP contribution in [0, 0.1) is 0 Å². The van der Waals surface area contributed by atoms with Crippen molar-refractivity contribution in [2.75, 3.05) is 0 Å². The molecule has 1 aromatic heterocycles. The van der Waals surface area contributed by atoms with Gasteiger partial charge in [0.05, 0.1) is 0 Å². The summed E-state index contributed by atoms with van der Waals surface area (Å²) in [6, 6.07) is 62.0. The lowest BCUT2D eigenvalue weighted by molar-refractivity contribution is 1.07. The Bertz CT molecular complexity index is 2380. The summed E-state index contributed by atoms with van der Waals surface area (Å²) in [5, 5.41) is 0. The summed E-state index contributed by atoms with van der Waals surface area (Å²) in [7, 11) is 0. The van der Waals surface area contributed by atoms with E-state index < -0.39 is 0 Å². The van der Waals surface area contributed by atoms with E-state index in [-0.39, 0.29) is 0 Å². The molecular weight excluding hydrogens is 595 g/mol. The molecule has 9 rings (SSSR count). The number of hydrogen-bond acceptors (Lipinski definition) is 3. The van der Waals surface area contributed by atoms with E-state index in [0.29, 0.717) is 17.5 Å². The van der Waals surface area contributed by atoms with E-state index in [1.54, 1.807) is 0 Å². The van der Waals surface area contributed by atoms with Gasteiger partial charge in [0.1, 0.15) is 0 Å². The zero-order valence-corrected chi connectivity index (χ0v) is 26.8. The summed E-state index contributed by atoms with van der Waals surface area (Å²) < 4.78 is 0. The van der Waals surface area contributed by atoms with Crippen molar-refractivity contribution in [1.82, 2.24) is 15.0 Å². The summed E-state index contributed by atoms with van der Waals surface area (Å²) >= 11 is 0. The highest BCUT2D eigenvalue weighted by Crippen LogP contribution is 2.42. The van der Waals surface area contributed by atoms with Crippen molar-refractivity contribution in [1.29, 1.82) is 0 Å². The molecule has 0 unspecified atom stereocenters. The molecule has 1 aliphatic carbocycles. The number of nitrogens with zero attached hydrogens (tertiary/aromatic N) is 3. The fourth-order valence-corrected chi connectivity index (χ4v) is 6.82. The fraction of sp³-hybridized carbons (Fsp3) is 0.0217. The molecule has 0 spiro atoms. The maximum atomic E-state index is 5.07. The van der Waals surface area contributed by atoms with E-state index in [0.717, 1.165) is 45.4 Å². The fourth-order valence-electron chi connectivity index (χ4n) is 6.82. The number of rotatable bonds is 6. The molecule has 0 radical (unpaired) electrons. The van der Waals surface area contributed by atoms with Crippen molar-refractivity contribution in [2.24, 2.45) is 0 Å². The Morgan fingerprint density at radius 1 is 0.265 bits per heavy atom. The highest BCUT2D eigenvalue weighted by Gasteiger charge is 2.21. The van der Waals surface area contributed by atoms with Crippen LogP contribution in [0.4, 0.5) is 0 Å².